The van der Waals surface area contributed by atoms with E-state index in [0.717, 1.165) is 31.5 Å². The van der Waals surface area contributed by atoms with Gasteiger partial charge in [-0.05, 0) is 31.5 Å². The van der Waals surface area contributed by atoms with E-state index in [0.29, 0.717) is 0 Å². The molecule has 3 heteroatoms. The number of carbonyl (C=O) groups excluding carboxylic acids is 1. The molecule has 34 heavy (non-hydrogen) atoms. The minimum atomic E-state index is 0. The van der Waals surface area contributed by atoms with Gasteiger partial charge in [0.15, 0.2) is 0 Å². The quantitative estimate of drug-likeness (QED) is 0.191. The first-order chi connectivity index (χ1) is 16.3. The van der Waals surface area contributed by atoms with Crippen LogP contribution in [0.4, 0.5) is 0 Å². The Morgan fingerprint density at radius 3 is 1.62 bits per heavy atom. The average molecular weight is 471 g/mol. The van der Waals surface area contributed by atoms with Crippen molar-refractivity contribution in [3.05, 3.63) is 71.8 Å². The molecule has 2 rings (SSSR count). The summed E-state index contributed by atoms with van der Waals surface area (Å²) in [6.45, 7) is 7.54. The largest absolute Gasteiger partial charge is 0.330 e. The Kier molecular flexibility index (Phi) is 29.2. The number of hydrogen-bond donors (Lipinski definition) is 2. The van der Waals surface area contributed by atoms with Gasteiger partial charge in [-0.2, -0.15) is 0 Å². The van der Waals surface area contributed by atoms with E-state index >= 15 is 0 Å². The first-order valence-corrected chi connectivity index (χ1v) is 13.2. The number of carbonyl (C=O) groups is 1. The van der Waals surface area contributed by atoms with Gasteiger partial charge in [-0.3, -0.25) is 4.79 Å². The van der Waals surface area contributed by atoms with Gasteiger partial charge in [0.1, 0.15) is 6.29 Å². The van der Waals surface area contributed by atoms with Gasteiger partial charge in [-0.1, -0.05) is 146 Å². The van der Waals surface area contributed by atoms with Crippen LogP contribution in [-0.2, 0) is 6.54 Å². The monoisotopic (exact) mass is 470 g/mol. The minimum absolute atomic E-state index is 0. The topological polar surface area (TPSA) is 55.1 Å². The molecule has 3 N–H and O–H groups in total. The van der Waals surface area contributed by atoms with Gasteiger partial charge in [-0.15, -0.1) is 0 Å². The molecular weight excluding hydrogens is 416 g/mol. The second-order valence-electron chi connectivity index (χ2n) is 8.52. The Hall–Kier alpha value is -1.97. The molecule has 0 atom stereocenters. The molecule has 2 aromatic rings. The van der Waals surface area contributed by atoms with Crippen LogP contribution in [0.5, 0.6) is 0 Å². The third-order valence-corrected chi connectivity index (χ3v) is 5.37. The molecule has 194 valence electrons. The highest BCUT2D eigenvalue weighted by Gasteiger charge is 1.92. The zero-order valence-electron chi connectivity index (χ0n) is 21.4. The van der Waals surface area contributed by atoms with Gasteiger partial charge in [0.25, 0.3) is 0 Å². The summed E-state index contributed by atoms with van der Waals surface area (Å²) in [5.41, 5.74) is 7.46. The van der Waals surface area contributed by atoms with Crippen LogP contribution >= 0.6 is 0 Å². The van der Waals surface area contributed by atoms with Gasteiger partial charge < -0.3 is 11.1 Å². The highest BCUT2D eigenvalue weighted by Crippen LogP contribution is 2.05. The van der Waals surface area contributed by atoms with Crippen LogP contribution in [0.2, 0.25) is 0 Å². The standard InChI is InChI=1S/C15H25N.C8H19N.C7H6O.CH4/c1-2-3-4-5-6-10-13-16-14-15-11-8-7-9-12-15;1-2-3-4-5-6-7-8-9;8-6-7-4-2-1-3-5-7;/h7-9,11-12,16H,2-6,10,13-14H2,1H3;2-9H2,1H3;1-6H;1H4. The average Bonchev–Trinajstić information content (AvgIpc) is 2.87. The second kappa shape index (κ2) is 29.1. The van der Waals surface area contributed by atoms with Crippen molar-refractivity contribution in [2.45, 2.75) is 105 Å². The number of nitrogens with one attached hydrogen (secondary N) is 1. The van der Waals surface area contributed by atoms with E-state index < -0.39 is 0 Å². The first-order valence-electron chi connectivity index (χ1n) is 13.2. The molecule has 2 aromatic carbocycles. The van der Waals surface area contributed by atoms with Crippen molar-refractivity contribution in [2.75, 3.05) is 13.1 Å². The number of nitrogens with two attached hydrogens (primary N) is 1. The Labute approximate surface area is 211 Å². The number of unbranched alkanes of at least 4 members (excludes halogenated alkanes) is 10. The van der Waals surface area contributed by atoms with Crippen molar-refractivity contribution in [1.29, 1.82) is 0 Å². The van der Waals surface area contributed by atoms with Gasteiger partial charge in [0.05, 0.1) is 0 Å². The molecule has 0 amide bonds. The molecule has 0 spiro atoms. The summed E-state index contributed by atoms with van der Waals surface area (Å²) >= 11 is 0. The Morgan fingerprint density at radius 1 is 0.676 bits per heavy atom. The molecule has 0 aromatic heterocycles. The number of benzene rings is 2. The van der Waals surface area contributed by atoms with Gasteiger partial charge in [-0.25, -0.2) is 0 Å². The summed E-state index contributed by atoms with van der Waals surface area (Å²) in [4.78, 5) is 10.0. The molecule has 3 nitrogen and oxygen atoms in total. The third-order valence-electron chi connectivity index (χ3n) is 5.37. The Bertz CT molecular complexity index is 610. The van der Waals surface area contributed by atoms with Gasteiger partial charge >= 0.3 is 0 Å². The predicted molar refractivity (Wildman–Crippen MR) is 153 cm³/mol. The summed E-state index contributed by atoms with van der Waals surface area (Å²) in [5.74, 6) is 0. The van der Waals surface area contributed by atoms with E-state index in [4.69, 9.17) is 5.73 Å². The maximum Gasteiger partial charge on any atom is 0.150 e. The first kappa shape index (κ1) is 34.2. The molecule has 0 heterocycles. The van der Waals surface area contributed by atoms with Crippen molar-refractivity contribution >= 4 is 6.29 Å². The number of aldehydes is 1. The van der Waals surface area contributed by atoms with Gasteiger partial charge in [0, 0.05) is 12.1 Å². The van der Waals surface area contributed by atoms with Crippen LogP contribution < -0.4 is 11.1 Å². The fraction of sp³-hybridized carbons (Fsp3) is 0.581. The molecule has 0 saturated carbocycles. The lowest BCUT2D eigenvalue weighted by Crippen LogP contribution is -2.14. The van der Waals surface area contributed by atoms with Crippen molar-refractivity contribution in [3.8, 4) is 0 Å². The van der Waals surface area contributed by atoms with Crippen LogP contribution in [0.3, 0.4) is 0 Å². The summed E-state index contributed by atoms with van der Waals surface area (Å²) in [6, 6.07) is 19.7. The van der Waals surface area contributed by atoms with E-state index in [-0.39, 0.29) is 7.43 Å². The molecule has 0 saturated heterocycles. The van der Waals surface area contributed by atoms with E-state index in [1.165, 1.54) is 82.6 Å². The molecule has 0 unspecified atom stereocenters. The SMILES string of the molecule is C.CCCCCCCCN.CCCCCCCCNCc1ccccc1.O=Cc1ccccc1. The van der Waals surface area contributed by atoms with Crippen LogP contribution in [-0.4, -0.2) is 19.4 Å². The zero-order valence-corrected chi connectivity index (χ0v) is 21.4. The molecule has 0 aliphatic rings. The zero-order chi connectivity index (χ0) is 24.2. The Morgan fingerprint density at radius 2 is 1.15 bits per heavy atom. The highest BCUT2D eigenvalue weighted by atomic mass is 16.1. The molecule has 0 fully saturated rings. The Balaban J connectivity index is 0. The normalized spacial score (nSPS) is 9.62. The summed E-state index contributed by atoms with van der Waals surface area (Å²) in [6.07, 6.45) is 17.1. The summed E-state index contributed by atoms with van der Waals surface area (Å²) in [7, 11) is 0. The molecule has 0 bridgehead atoms. The minimum Gasteiger partial charge on any atom is -0.330 e. The van der Waals surface area contributed by atoms with Crippen LogP contribution in [0, 0.1) is 0 Å². The molecule has 0 aliphatic carbocycles. The lowest BCUT2D eigenvalue weighted by atomic mass is 10.1. The smallest absolute Gasteiger partial charge is 0.150 e. The molecule has 0 aliphatic heterocycles. The van der Waals surface area contributed by atoms with E-state index in [2.05, 4.69) is 49.5 Å². The predicted octanol–water partition coefficient (Wildman–Crippen LogP) is 8.58. The lowest BCUT2D eigenvalue weighted by molar-refractivity contribution is 0.112. The van der Waals surface area contributed by atoms with Crippen molar-refractivity contribution in [2.24, 2.45) is 5.73 Å². The number of rotatable bonds is 16. The van der Waals surface area contributed by atoms with E-state index in [9.17, 15) is 4.79 Å². The molecular formula is C31H54N2O. The van der Waals surface area contributed by atoms with Crippen LogP contribution in [0.15, 0.2) is 60.7 Å². The summed E-state index contributed by atoms with van der Waals surface area (Å²) < 4.78 is 0. The van der Waals surface area contributed by atoms with Crippen LogP contribution in [0.1, 0.15) is 114 Å². The van der Waals surface area contributed by atoms with Crippen molar-refractivity contribution in [1.82, 2.24) is 5.32 Å². The van der Waals surface area contributed by atoms with Crippen molar-refractivity contribution in [3.63, 3.8) is 0 Å². The fourth-order valence-electron chi connectivity index (χ4n) is 3.32. The third kappa shape index (κ3) is 24.7. The van der Waals surface area contributed by atoms with E-state index in [1.807, 2.05) is 18.2 Å². The maximum absolute atomic E-state index is 10.0. The van der Waals surface area contributed by atoms with Gasteiger partial charge in [0.2, 0.25) is 0 Å². The van der Waals surface area contributed by atoms with Crippen LogP contribution in [0.25, 0.3) is 0 Å². The van der Waals surface area contributed by atoms with E-state index in [1.54, 1.807) is 12.1 Å². The summed E-state index contributed by atoms with van der Waals surface area (Å²) in [5, 5.41) is 3.49. The lowest BCUT2D eigenvalue weighted by Gasteiger charge is -2.04. The second-order valence-corrected chi connectivity index (χ2v) is 8.52. The fourth-order valence-corrected chi connectivity index (χ4v) is 3.32. The maximum atomic E-state index is 10.0. The number of hydrogen-bond acceptors (Lipinski definition) is 3. The molecule has 0 radical (unpaired) electrons. The van der Waals surface area contributed by atoms with Crippen molar-refractivity contribution < 1.29 is 4.79 Å². The highest BCUT2D eigenvalue weighted by molar-refractivity contribution is 5.74.